The van der Waals surface area contributed by atoms with Gasteiger partial charge in [-0.25, -0.2) is 4.79 Å². The molecular formula is C9H6N4O3. The summed E-state index contributed by atoms with van der Waals surface area (Å²) in [5.74, 6) is -3.06. The Labute approximate surface area is 89.3 Å². The minimum absolute atomic E-state index is 0.321. The van der Waals surface area contributed by atoms with Gasteiger partial charge in [0.25, 0.3) is 0 Å². The summed E-state index contributed by atoms with van der Waals surface area (Å²) in [4.78, 5) is 21.8. The van der Waals surface area contributed by atoms with E-state index in [1.807, 2.05) is 0 Å². The van der Waals surface area contributed by atoms with Crippen LogP contribution in [0.2, 0.25) is 0 Å². The smallest absolute Gasteiger partial charge is 0.380 e. The van der Waals surface area contributed by atoms with E-state index in [0.717, 1.165) is 4.68 Å². The first-order valence-electron chi connectivity index (χ1n) is 4.31. The zero-order chi connectivity index (χ0) is 11.5. The molecule has 1 heterocycles. The standard InChI is InChI=1S/C9H6N4O3/c14-7(9(15)16)8-10-11-12-13(8)6-4-2-1-3-5-6/h1-5H,(H,15,16). The molecule has 7 heteroatoms. The lowest BCUT2D eigenvalue weighted by molar-refractivity contribution is -0.131. The number of carbonyl (C=O) groups excluding carboxylic acids is 1. The number of para-hydroxylation sites is 1. The van der Waals surface area contributed by atoms with Crippen molar-refractivity contribution in [2.24, 2.45) is 0 Å². The summed E-state index contributed by atoms with van der Waals surface area (Å²) in [5, 5.41) is 18.8. The van der Waals surface area contributed by atoms with Gasteiger partial charge in [0.1, 0.15) is 0 Å². The number of rotatable bonds is 3. The zero-order valence-electron chi connectivity index (χ0n) is 7.94. The maximum atomic E-state index is 11.2. The number of carbonyl (C=O) groups is 2. The number of aromatic nitrogens is 4. The topological polar surface area (TPSA) is 98.0 Å². The zero-order valence-corrected chi connectivity index (χ0v) is 7.94. The van der Waals surface area contributed by atoms with E-state index in [4.69, 9.17) is 5.11 Å². The van der Waals surface area contributed by atoms with Crippen LogP contribution in [0.3, 0.4) is 0 Å². The number of hydrogen-bond donors (Lipinski definition) is 1. The molecule has 2 rings (SSSR count). The fourth-order valence-electron chi connectivity index (χ4n) is 1.17. The van der Waals surface area contributed by atoms with E-state index < -0.39 is 11.8 Å². The Morgan fingerprint density at radius 3 is 2.50 bits per heavy atom. The Kier molecular flexibility index (Phi) is 2.42. The largest absolute Gasteiger partial charge is 0.475 e. The predicted molar refractivity (Wildman–Crippen MR) is 51.1 cm³/mol. The predicted octanol–water partition coefficient (Wildman–Crippen LogP) is -0.0704. The molecule has 0 atom stereocenters. The molecule has 0 fully saturated rings. The van der Waals surface area contributed by atoms with Crippen LogP contribution in [0, 0.1) is 0 Å². The lowest BCUT2D eigenvalue weighted by Crippen LogP contribution is -2.18. The summed E-state index contributed by atoms with van der Waals surface area (Å²) in [5.41, 5.74) is 0.525. The third-order valence-corrected chi connectivity index (χ3v) is 1.87. The Balaban J connectivity index is 2.48. The highest BCUT2D eigenvalue weighted by atomic mass is 16.4. The molecule has 0 unspecified atom stereocenters. The third kappa shape index (κ3) is 1.65. The fourth-order valence-corrected chi connectivity index (χ4v) is 1.17. The molecule has 80 valence electrons. The average Bonchev–Trinajstić information content (AvgIpc) is 2.77. The van der Waals surface area contributed by atoms with Gasteiger partial charge in [-0.3, -0.25) is 4.79 Å². The summed E-state index contributed by atoms with van der Waals surface area (Å²) in [6.07, 6.45) is 0. The lowest BCUT2D eigenvalue weighted by Gasteiger charge is -2.00. The first-order valence-corrected chi connectivity index (χ1v) is 4.31. The number of ketones is 1. The van der Waals surface area contributed by atoms with E-state index >= 15 is 0 Å². The van der Waals surface area contributed by atoms with E-state index in [2.05, 4.69) is 15.5 Å². The maximum absolute atomic E-state index is 11.2. The number of tetrazole rings is 1. The SMILES string of the molecule is O=C(O)C(=O)c1nnnn1-c1ccccc1. The van der Waals surface area contributed by atoms with E-state index in [9.17, 15) is 9.59 Å². The summed E-state index contributed by atoms with van der Waals surface area (Å²) in [6.45, 7) is 0. The van der Waals surface area contributed by atoms with Crippen molar-refractivity contribution < 1.29 is 14.7 Å². The van der Waals surface area contributed by atoms with Gasteiger partial charge in [0.05, 0.1) is 5.69 Å². The lowest BCUT2D eigenvalue weighted by atomic mass is 10.3. The Morgan fingerprint density at radius 2 is 1.88 bits per heavy atom. The fraction of sp³-hybridized carbons (Fsp3) is 0. The number of benzene rings is 1. The number of carboxylic acid groups (broad SMARTS) is 1. The van der Waals surface area contributed by atoms with Crippen molar-refractivity contribution in [3.63, 3.8) is 0 Å². The minimum Gasteiger partial charge on any atom is -0.475 e. The summed E-state index contributed by atoms with van der Waals surface area (Å²) in [6, 6.07) is 8.56. The average molecular weight is 218 g/mol. The van der Waals surface area contributed by atoms with Gasteiger partial charge < -0.3 is 5.11 Å². The van der Waals surface area contributed by atoms with Crippen LogP contribution in [-0.4, -0.2) is 37.1 Å². The molecule has 0 radical (unpaired) electrons. The Hall–Kier alpha value is -2.57. The number of aliphatic carboxylic acids is 1. The van der Waals surface area contributed by atoms with E-state index in [1.165, 1.54) is 0 Å². The van der Waals surface area contributed by atoms with Gasteiger partial charge in [0.15, 0.2) is 0 Å². The monoisotopic (exact) mass is 218 g/mol. The van der Waals surface area contributed by atoms with Crippen molar-refractivity contribution in [3.8, 4) is 5.69 Å². The van der Waals surface area contributed by atoms with Crippen molar-refractivity contribution in [2.45, 2.75) is 0 Å². The van der Waals surface area contributed by atoms with Crippen molar-refractivity contribution in [1.82, 2.24) is 20.2 Å². The van der Waals surface area contributed by atoms with Crippen LogP contribution in [0.4, 0.5) is 0 Å². The second kappa shape index (κ2) is 3.89. The number of hydrogen-bond acceptors (Lipinski definition) is 5. The van der Waals surface area contributed by atoms with Gasteiger partial charge >= 0.3 is 11.8 Å². The van der Waals surface area contributed by atoms with Gasteiger partial charge in [0.2, 0.25) is 5.82 Å². The molecule has 1 aromatic heterocycles. The Bertz CT molecular complexity index is 535. The van der Waals surface area contributed by atoms with Gasteiger partial charge in [-0.1, -0.05) is 18.2 Å². The highest BCUT2D eigenvalue weighted by Gasteiger charge is 2.22. The molecule has 0 saturated carbocycles. The second-order valence-electron chi connectivity index (χ2n) is 2.88. The van der Waals surface area contributed by atoms with Crippen LogP contribution in [0.15, 0.2) is 30.3 Å². The third-order valence-electron chi connectivity index (χ3n) is 1.87. The maximum Gasteiger partial charge on any atom is 0.380 e. The van der Waals surface area contributed by atoms with Gasteiger partial charge in [-0.2, -0.15) is 4.68 Å². The van der Waals surface area contributed by atoms with Crippen molar-refractivity contribution in [2.75, 3.05) is 0 Å². The molecular weight excluding hydrogens is 212 g/mol. The summed E-state index contributed by atoms with van der Waals surface area (Å²) >= 11 is 0. The van der Waals surface area contributed by atoms with Crippen LogP contribution in [0.25, 0.3) is 5.69 Å². The van der Waals surface area contributed by atoms with Crippen molar-refractivity contribution in [3.05, 3.63) is 36.2 Å². The molecule has 0 spiro atoms. The van der Waals surface area contributed by atoms with Crippen LogP contribution in [-0.2, 0) is 4.79 Å². The normalized spacial score (nSPS) is 10.0. The highest BCUT2D eigenvalue weighted by molar-refractivity contribution is 6.38. The van der Waals surface area contributed by atoms with Gasteiger partial charge in [-0.05, 0) is 22.6 Å². The molecule has 0 aliphatic heterocycles. The first kappa shape index (κ1) is 9.97. The van der Waals surface area contributed by atoms with Crippen LogP contribution >= 0.6 is 0 Å². The molecule has 1 aromatic carbocycles. The molecule has 7 nitrogen and oxygen atoms in total. The van der Waals surface area contributed by atoms with Crippen LogP contribution in [0.5, 0.6) is 0 Å². The number of nitrogens with zero attached hydrogens (tertiary/aromatic N) is 4. The summed E-state index contributed by atoms with van der Waals surface area (Å²) < 4.78 is 1.08. The molecule has 2 aromatic rings. The van der Waals surface area contributed by atoms with Crippen molar-refractivity contribution >= 4 is 11.8 Å². The minimum atomic E-state index is -1.59. The Morgan fingerprint density at radius 1 is 1.19 bits per heavy atom. The van der Waals surface area contributed by atoms with E-state index in [0.29, 0.717) is 5.69 Å². The molecule has 0 saturated heterocycles. The van der Waals surface area contributed by atoms with E-state index in [-0.39, 0.29) is 5.82 Å². The molecule has 0 aliphatic rings. The molecule has 16 heavy (non-hydrogen) atoms. The number of Topliss-reactive ketones (excluding diaryl/α,β-unsaturated/α-hetero) is 1. The van der Waals surface area contributed by atoms with Gasteiger partial charge in [-0.15, -0.1) is 5.10 Å². The molecule has 0 amide bonds. The van der Waals surface area contributed by atoms with Crippen LogP contribution < -0.4 is 0 Å². The van der Waals surface area contributed by atoms with E-state index in [1.54, 1.807) is 30.3 Å². The second-order valence-corrected chi connectivity index (χ2v) is 2.88. The molecule has 1 N–H and O–H groups in total. The molecule has 0 aliphatic carbocycles. The number of carboxylic acids is 1. The highest BCUT2D eigenvalue weighted by Crippen LogP contribution is 2.07. The van der Waals surface area contributed by atoms with Gasteiger partial charge in [0, 0.05) is 0 Å². The summed E-state index contributed by atoms with van der Waals surface area (Å²) in [7, 11) is 0. The molecule has 0 bridgehead atoms. The van der Waals surface area contributed by atoms with Crippen LogP contribution in [0.1, 0.15) is 10.6 Å². The first-order chi connectivity index (χ1) is 7.70. The van der Waals surface area contributed by atoms with Crippen molar-refractivity contribution in [1.29, 1.82) is 0 Å². The quantitative estimate of drug-likeness (QED) is 0.572.